The van der Waals surface area contributed by atoms with Gasteiger partial charge in [0.15, 0.2) is 0 Å². The van der Waals surface area contributed by atoms with Gasteiger partial charge in [-0.05, 0) is 12.2 Å². The zero-order valence-electron chi connectivity index (χ0n) is 8.65. The molecule has 84 valence electrons. The molecule has 1 aliphatic carbocycles. The molecule has 0 bridgehead atoms. The fourth-order valence-corrected chi connectivity index (χ4v) is 1.24. The van der Waals surface area contributed by atoms with Crippen LogP contribution in [0.15, 0.2) is 23.8 Å². The first kappa shape index (κ1) is 11.9. The van der Waals surface area contributed by atoms with E-state index in [1.54, 1.807) is 18.2 Å². The average molecular weight is 214 g/mol. The van der Waals surface area contributed by atoms with Gasteiger partial charge in [-0.15, -0.1) is 5.59 Å². The second-order valence-corrected chi connectivity index (χ2v) is 2.92. The van der Waals surface area contributed by atoms with E-state index in [0.29, 0.717) is 12.0 Å². The molecule has 0 spiro atoms. The van der Waals surface area contributed by atoms with Crippen molar-refractivity contribution in [3.8, 4) is 0 Å². The zero-order valence-corrected chi connectivity index (χ0v) is 8.65. The molecule has 0 fully saturated rings. The molecule has 0 saturated carbocycles. The Balaban J connectivity index is 2.72. The molecule has 15 heavy (non-hydrogen) atoms. The van der Waals surface area contributed by atoms with Gasteiger partial charge in [0.05, 0.1) is 12.7 Å². The lowest BCUT2D eigenvalue weighted by Gasteiger charge is -2.28. The van der Waals surface area contributed by atoms with Crippen LogP contribution in [0.25, 0.3) is 0 Å². The number of nitrogens with one attached hydrogen (secondary N) is 1. The molecule has 6 heteroatoms. The summed E-state index contributed by atoms with van der Waals surface area (Å²) in [6.07, 6.45) is 5.19. The summed E-state index contributed by atoms with van der Waals surface area (Å²) in [5, 5.41) is 0. The summed E-state index contributed by atoms with van der Waals surface area (Å²) in [4.78, 5) is 16.2. The predicted molar refractivity (Wildman–Crippen MR) is 52.0 cm³/mol. The Hall–Kier alpha value is -1.21. The molecule has 1 atom stereocenters. The standard InChI is InChI=1S/C9H14N2O4/c1-13-8(12)7-3-5-9(14-2,6-4-7)15-11-10/h3-5,11H,6,10H2,1-2H3. The molecule has 0 radical (unpaired) electrons. The maximum absolute atomic E-state index is 11.2. The van der Waals surface area contributed by atoms with Gasteiger partial charge in [0.1, 0.15) is 0 Å². The molecule has 1 aliphatic rings. The Morgan fingerprint density at radius 3 is 2.73 bits per heavy atom. The lowest BCUT2D eigenvalue weighted by atomic mass is 10.0. The number of rotatable bonds is 4. The molecular formula is C9H14N2O4. The lowest BCUT2D eigenvalue weighted by Crippen LogP contribution is -2.41. The van der Waals surface area contributed by atoms with Gasteiger partial charge in [-0.1, -0.05) is 6.08 Å². The average Bonchev–Trinajstić information content (AvgIpc) is 2.29. The molecule has 3 N–H and O–H groups in total. The number of hydrogen-bond acceptors (Lipinski definition) is 6. The van der Waals surface area contributed by atoms with E-state index < -0.39 is 11.8 Å². The zero-order chi connectivity index (χ0) is 11.3. The second-order valence-electron chi connectivity index (χ2n) is 2.92. The van der Waals surface area contributed by atoms with Crippen LogP contribution < -0.4 is 11.4 Å². The van der Waals surface area contributed by atoms with Crippen LogP contribution >= 0.6 is 0 Å². The molecule has 1 unspecified atom stereocenters. The van der Waals surface area contributed by atoms with E-state index in [0.717, 1.165) is 0 Å². The quantitative estimate of drug-likeness (QED) is 0.291. The monoisotopic (exact) mass is 214 g/mol. The van der Waals surface area contributed by atoms with Gasteiger partial charge < -0.3 is 9.47 Å². The molecule has 0 heterocycles. The van der Waals surface area contributed by atoms with Crippen molar-refractivity contribution >= 4 is 5.97 Å². The number of hydrazine groups is 1. The molecule has 0 saturated heterocycles. The second kappa shape index (κ2) is 5.04. The van der Waals surface area contributed by atoms with Gasteiger partial charge in [-0.2, -0.15) is 0 Å². The van der Waals surface area contributed by atoms with Gasteiger partial charge in [-0.25, -0.2) is 15.5 Å². The SMILES string of the molecule is COC(=O)C1=CCC(OC)(ONN)C=C1. The summed E-state index contributed by atoms with van der Waals surface area (Å²) in [6, 6.07) is 0. The van der Waals surface area contributed by atoms with Crippen molar-refractivity contribution in [1.29, 1.82) is 0 Å². The Labute approximate surface area is 87.6 Å². The molecule has 0 aromatic rings. The first-order chi connectivity index (χ1) is 7.17. The maximum Gasteiger partial charge on any atom is 0.337 e. The minimum absolute atomic E-state index is 0.370. The van der Waals surface area contributed by atoms with Crippen LogP contribution in [0, 0.1) is 0 Å². The summed E-state index contributed by atoms with van der Waals surface area (Å²) < 4.78 is 9.70. The summed E-state index contributed by atoms with van der Waals surface area (Å²) in [7, 11) is 2.81. The minimum atomic E-state index is -0.966. The van der Waals surface area contributed by atoms with Crippen LogP contribution in [0.1, 0.15) is 6.42 Å². The summed E-state index contributed by atoms with van der Waals surface area (Å²) in [5.74, 6) is 3.68. The van der Waals surface area contributed by atoms with Crippen LogP contribution in [-0.2, 0) is 19.1 Å². The molecule has 0 aromatic heterocycles. The van der Waals surface area contributed by atoms with Crippen LogP contribution in [0.4, 0.5) is 0 Å². The van der Waals surface area contributed by atoms with Gasteiger partial charge in [0, 0.05) is 13.5 Å². The number of nitrogens with two attached hydrogens (primary N) is 1. The Morgan fingerprint density at radius 2 is 2.33 bits per heavy atom. The maximum atomic E-state index is 11.2. The van der Waals surface area contributed by atoms with E-state index in [-0.39, 0.29) is 0 Å². The molecular weight excluding hydrogens is 200 g/mol. The highest BCUT2D eigenvalue weighted by molar-refractivity contribution is 5.91. The Bertz CT molecular complexity index is 300. The largest absolute Gasteiger partial charge is 0.465 e. The predicted octanol–water partition coefficient (Wildman–Crippen LogP) is -0.217. The van der Waals surface area contributed by atoms with Crippen molar-refractivity contribution in [2.24, 2.45) is 5.84 Å². The lowest BCUT2D eigenvalue weighted by molar-refractivity contribution is -0.223. The van der Waals surface area contributed by atoms with Crippen molar-refractivity contribution in [3.05, 3.63) is 23.8 Å². The van der Waals surface area contributed by atoms with Crippen LogP contribution in [0.3, 0.4) is 0 Å². The highest BCUT2D eigenvalue weighted by Crippen LogP contribution is 2.24. The molecule has 1 rings (SSSR count). The van der Waals surface area contributed by atoms with Crippen molar-refractivity contribution in [2.45, 2.75) is 12.2 Å². The van der Waals surface area contributed by atoms with E-state index in [1.165, 1.54) is 14.2 Å². The highest BCUT2D eigenvalue weighted by atomic mass is 16.8. The van der Waals surface area contributed by atoms with E-state index in [1.807, 2.05) is 0 Å². The number of ether oxygens (including phenoxy) is 2. The van der Waals surface area contributed by atoms with Crippen molar-refractivity contribution < 1.29 is 19.1 Å². The molecule has 0 amide bonds. The van der Waals surface area contributed by atoms with Crippen LogP contribution in [0.5, 0.6) is 0 Å². The van der Waals surface area contributed by atoms with Crippen molar-refractivity contribution in [2.75, 3.05) is 14.2 Å². The van der Waals surface area contributed by atoms with Crippen LogP contribution in [0.2, 0.25) is 0 Å². The van der Waals surface area contributed by atoms with Crippen molar-refractivity contribution in [1.82, 2.24) is 5.59 Å². The topological polar surface area (TPSA) is 82.8 Å². The van der Waals surface area contributed by atoms with E-state index >= 15 is 0 Å². The fourth-order valence-electron chi connectivity index (χ4n) is 1.24. The minimum Gasteiger partial charge on any atom is -0.465 e. The third kappa shape index (κ3) is 2.63. The fraction of sp³-hybridized carbons (Fsp3) is 0.444. The Kier molecular flexibility index (Phi) is 3.98. The van der Waals surface area contributed by atoms with Gasteiger partial charge in [0.2, 0.25) is 5.79 Å². The molecule has 6 nitrogen and oxygen atoms in total. The number of methoxy groups -OCH3 is 2. The number of carbonyl (C=O) groups excluding carboxylic acids is 1. The van der Waals surface area contributed by atoms with Gasteiger partial charge in [0.25, 0.3) is 0 Å². The van der Waals surface area contributed by atoms with E-state index in [2.05, 4.69) is 10.3 Å². The molecule has 0 aromatic carbocycles. The third-order valence-corrected chi connectivity index (χ3v) is 2.12. The number of hydrogen-bond donors (Lipinski definition) is 2. The van der Waals surface area contributed by atoms with Gasteiger partial charge in [-0.3, -0.25) is 0 Å². The van der Waals surface area contributed by atoms with E-state index in [4.69, 9.17) is 15.4 Å². The van der Waals surface area contributed by atoms with E-state index in [9.17, 15) is 4.79 Å². The third-order valence-electron chi connectivity index (χ3n) is 2.12. The first-order valence-electron chi connectivity index (χ1n) is 4.34. The summed E-state index contributed by atoms with van der Waals surface area (Å²) in [6.45, 7) is 0. The molecule has 0 aliphatic heterocycles. The Morgan fingerprint density at radius 1 is 1.60 bits per heavy atom. The van der Waals surface area contributed by atoms with Crippen molar-refractivity contribution in [3.63, 3.8) is 0 Å². The smallest absolute Gasteiger partial charge is 0.337 e. The highest BCUT2D eigenvalue weighted by Gasteiger charge is 2.30. The number of carbonyl (C=O) groups is 1. The summed E-state index contributed by atoms with van der Waals surface area (Å²) >= 11 is 0. The number of esters is 1. The normalized spacial score (nSPS) is 24.9. The first-order valence-corrected chi connectivity index (χ1v) is 4.34. The summed E-state index contributed by atoms with van der Waals surface area (Å²) in [5.41, 5.74) is 2.53. The van der Waals surface area contributed by atoms with Crippen LogP contribution in [-0.4, -0.2) is 26.0 Å². The van der Waals surface area contributed by atoms with Gasteiger partial charge >= 0.3 is 5.97 Å².